The molecule has 1 N–H and O–H groups in total. The van der Waals surface area contributed by atoms with Crippen LogP contribution in [0.3, 0.4) is 0 Å². The number of rotatable bonds is 5. The molecule has 1 aromatic heterocycles. The van der Waals surface area contributed by atoms with Crippen molar-refractivity contribution in [3.05, 3.63) is 59.4 Å². The van der Waals surface area contributed by atoms with Gasteiger partial charge in [0.25, 0.3) is 0 Å². The van der Waals surface area contributed by atoms with Crippen LogP contribution >= 0.6 is 11.8 Å². The Balaban J connectivity index is 1.60. The Labute approximate surface area is 136 Å². The molecule has 0 aliphatic carbocycles. The van der Waals surface area contributed by atoms with Gasteiger partial charge in [0.15, 0.2) is 5.16 Å². The van der Waals surface area contributed by atoms with E-state index in [0.29, 0.717) is 28.2 Å². The number of nitrogens with one attached hydrogen (secondary N) is 1. The fraction of sp³-hybridized carbons (Fsp3) is 0.118. The quantitative estimate of drug-likeness (QED) is 0.729. The first-order valence-corrected chi connectivity index (χ1v) is 7.91. The zero-order valence-electron chi connectivity index (χ0n) is 12.0. The Bertz CT molecular complexity index is 896. The van der Waals surface area contributed by atoms with Gasteiger partial charge in [-0.1, -0.05) is 23.9 Å². The summed E-state index contributed by atoms with van der Waals surface area (Å²) in [5, 5.41) is 9.34. The van der Waals surface area contributed by atoms with E-state index >= 15 is 0 Å². The maximum Gasteiger partial charge on any atom is 0.166 e. The molecule has 0 amide bonds. The van der Waals surface area contributed by atoms with Crippen LogP contribution in [-0.4, -0.2) is 21.5 Å². The number of imidazole rings is 1. The zero-order valence-corrected chi connectivity index (χ0v) is 12.9. The lowest BCUT2D eigenvalue weighted by Gasteiger charge is -2.00. The first-order chi connectivity index (χ1) is 11.1. The monoisotopic (exact) mass is 325 g/mol. The Morgan fingerprint density at radius 2 is 2.04 bits per heavy atom. The minimum atomic E-state index is -0.324. The summed E-state index contributed by atoms with van der Waals surface area (Å²) < 4.78 is 13.1. The molecule has 0 aliphatic heterocycles. The van der Waals surface area contributed by atoms with Gasteiger partial charge >= 0.3 is 0 Å². The molecule has 0 unspecified atom stereocenters. The summed E-state index contributed by atoms with van der Waals surface area (Å²) in [6.07, 6.45) is 0.313. The van der Waals surface area contributed by atoms with Crippen LogP contribution in [0.4, 0.5) is 4.39 Å². The molecular formula is C17H12FN3OS. The Kier molecular flexibility index (Phi) is 4.40. The number of nitriles is 1. The van der Waals surface area contributed by atoms with Crippen molar-refractivity contribution >= 4 is 28.6 Å². The third-order valence-electron chi connectivity index (χ3n) is 3.28. The molecule has 114 valence electrons. The van der Waals surface area contributed by atoms with E-state index in [0.717, 1.165) is 5.56 Å². The van der Waals surface area contributed by atoms with Gasteiger partial charge in [0.2, 0.25) is 0 Å². The number of hydrogen-bond acceptors (Lipinski definition) is 4. The molecular weight excluding hydrogens is 313 g/mol. The number of H-pyrrole nitrogens is 1. The molecule has 0 saturated heterocycles. The number of benzene rings is 2. The van der Waals surface area contributed by atoms with Gasteiger partial charge in [0, 0.05) is 6.42 Å². The largest absolute Gasteiger partial charge is 0.333 e. The number of ketones is 1. The lowest BCUT2D eigenvalue weighted by molar-refractivity contribution is -0.116. The van der Waals surface area contributed by atoms with Gasteiger partial charge in [-0.25, -0.2) is 9.37 Å². The molecule has 2 aromatic carbocycles. The number of carbonyl (C=O) groups is 1. The third-order valence-corrected chi connectivity index (χ3v) is 4.21. The number of thioether (sulfide) groups is 1. The summed E-state index contributed by atoms with van der Waals surface area (Å²) in [6, 6.07) is 13.3. The lowest BCUT2D eigenvalue weighted by atomic mass is 10.1. The van der Waals surface area contributed by atoms with Crippen LogP contribution in [0.25, 0.3) is 11.0 Å². The van der Waals surface area contributed by atoms with E-state index in [2.05, 4.69) is 9.97 Å². The highest BCUT2D eigenvalue weighted by Gasteiger charge is 2.09. The second-order valence-corrected chi connectivity index (χ2v) is 5.98. The van der Waals surface area contributed by atoms with Gasteiger partial charge in [-0.05, 0) is 35.9 Å². The summed E-state index contributed by atoms with van der Waals surface area (Å²) in [7, 11) is 0. The molecule has 0 bridgehead atoms. The van der Waals surface area contributed by atoms with Crippen LogP contribution < -0.4 is 0 Å². The number of fused-ring (bicyclic) bond motifs is 1. The van der Waals surface area contributed by atoms with E-state index in [1.807, 2.05) is 6.07 Å². The maximum absolute atomic E-state index is 13.1. The topological polar surface area (TPSA) is 69.5 Å². The van der Waals surface area contributed by atoms with Crippen LogP contribution in [0.2, 0.25) is 0 Å². The second kappa shape index (κ2) is 6.63. The summed E-state index contributed by atoms with van der Waals surface area (Å²) in [4.78, 5) is 19.3. The van der Waals surface area contributed by atoms with Gasteiger partial charge in [-0.2, -0.15) is 5.26 Å². The van der Waals surface area contributed by atoms with Crippen LogP contribution in [0.15, 0.2) is 47.6 Å². The molecule has 1 heterocycles. The zero-order chi connectivity index (χ0) is 16.2. The van der Waals surface area contributed by atoms with E-state index < -0.39 is 0 Å². The van der Waals surface area contributed by atoms with Crippen molar-refractivity contribution in [3.8, 4) is 6.07 Å². The Morgan fingerprint density at radius 3 is 2.78 bits per heavy atom. The summed E-state index contributed by atoms with van der Waals surface area (Å²) in [5.74, 6) is 0.0170. The highest BCUT2D eigenvalue weighted by atomic mass is 32.2. The highest BCUT2D eigenvalue weighted by Crippen LogP contribution is 2.20. The molecule has 23 heavy (non-hydrogen) atoms. The van der Waals surface area contributed by atoms with Gasteiger partial charge in [-0.15, -0.1) is 0 Å². The molecule has 4 nitrogen and oxygen atoms in total. The minimum Gasteiger partial charge on any atom is -0.333 e. The molecule has 0 spiro atoms. The number of hydrogen-bond donors (Lipinski definition) is 1. The molecule has 3 aromatic rings. The summed E-state index contributed by atoms with van der Waals surface area (Å²) in [5.41, 5.74) is 2.74. The van der Waals surface area contributed by atoms with Gasteiger partial charge in [0.05, 0.1) is 28.4 Å². The van der Waals surface area contributed by atoms with Crippen molar-refractivity contribution in [2.75, 3.05) is 5.75 Å². The van der Waals surface area contributed by atoms with E-state index in [4.69, 9.17) is 5.26 Å². The van der Waals surface area contributed by atoms with E-state index in [9.17, 15) is 9.18 Å². The molecule has 0 saturated carbocycles. The number of halogens is 1. The average molecular weight is 325 g/mol. The fourth-order valence-corrected chi connectivity index (χ4v) is 2.90. The number of carbonyl (C=O) groups excluding carboxylic acids is 1. The van der Waals surface area contributed by atoms with Crippen molar-refractivity contribution in [2.45, 2.75) is 11.6 Å². The molecule has 0 radical (unpaired) electrons. The predicted octanol–water partition coefficient (Wildman–Crippen LogP) is 3.48. The number of aromatic nitrogens is 2. The van der Waals surface area contributed by atoms with Crippen LogP contribution in [0.1, 0.15) is 11.1 Å². The number of nitrogens with zero attached hydrogens (tertiary/aromatic N) is 2. The van der Waals surface area contributed by atoms with Gasteiger partial charge in [-0.3, -0.25) is 4.79 Å². The lowest BCUT2D eigenvalue weighted by Crippen LogP contribution is -2.05. The second-order valence-electron chi connectivity index (χ2n) is 5.02. The van der Waals surface area contributed by atoms with E-state index in [1.165, 1.54) is 23.9 Å². The normalized spacial score (nSPS) is 10.6. The fourth-order valence-electron chi connectivity index (χ4n) is 2.15. The van der Waals surface area contributed by atoms with Gasteiger partial charge < -0.3 is 4.98 Å². The van der Waals surface area contributed by atoms with E-state index in [-0.39, 0.29) is 17.4 Å². The summed E-state index contributed by atoms with van der Waals surface area (Å²) in [6.45, 7) is 0. The van der Waals surface area contributed by atoms with Crippen molar-refractivity contribution in [3.63, 3.8) is 0 Å². The molecule has 0 fully saturated rings. The summed E-state index contributed by atoms with van der Waals surface area (Å²) >= 11 is 1.30. The smallest absolute Gasteiger partial charge is 0.166 e. The maximum atomic E-state index is 13.1. The van der Waals surface area contributed by atoms with E-state index in [1.54, 1.807) is 30.3 Å². The van der Waals surface area contributed by atoms with Crippen LogP contribution in [0.5, 0.6) is 0 Å². The Hall–Kier alpha value is -2.65. The number of aromatic amines is 1. The van der Waals surface area contributed by atoms with Crippen LogP contribution in [-0.2, 0) is 11.2 Å². The Morgan fingerprint density at radius 1 is 1.26 bits per heavy atom. The van der Waals surface area contributed by atoms with Gasteiger partial charge in [0.1, 0.15) is 11.6 Å². The predicted molar refractivity (Wildman–Crippen MR) is 86.6 cm³/mol. The first kappa shape index (κ1) is 15.3. The SMILES string of the molecule is N#Cc1ccc(CC(=O)CSc2nc3ccc(F)cc3[nH]2)cc1. The standard InChI is InChI=1S/C17H12FN3OS/c18-13-5-6-15-16(8-13)21-17(20-15)23-10-14(22)7-11-1-3-12(9-19)4-2-11/h1-6,8H,7,10H2,(H,20,21). The van der Waals surface area contributed by atoms with Crippen molar-refractivity contribution in [1.29, 1.82) is 5.26 Å². The van der Waals surface area contributed by atoms with Crippen molar-refractivity contribution in [2.24, 2.45) is 0 Å². The molecule has 3 rings (SSSR count). The minimum absolute atomic E-state index is 0.0614. The van der Waals surface area contributed by atoms with Crippen molar-refractivity contribution in [1.82, 2.24) is 9.97 Å². The molecule has 0 aliphatic rings. The average Bonchev–Trinajstić information content (AvgIpc) is 2.95. The number of Topliss-reactive ketones (excluding diaryl/α,β-unsaturated/α-hetero) is 1. The molecule has 6 heteroatoms. The first-order valence-electron chi connectivity index (χ1n) is 6.93. The third kappa shape index (κ3) is 3.76. The highest BCUT2D eigenvalue weighted by molar-refractivity contribution is 7.99. The van der Waals surface area contributed by atoms with Crippen LogP contribution in [0, 0.1) is 17.1 Å². The molecule has 0 atom stereocenters. The van der Waals surface area contributed by atoms with Crippen molar-refractivity contribution < 1.29 is 9.18 Å².